The number of amides is 5. The molecule has 0 bridgehead atoms. The van der Waals surface area contributed by atoms with Gasteiger partial charge in [-0.3, -0.25) is 38.9 Å². The van der Waals surface area contributed by atoms with Gasteiger partial charge < -0.3 is 20.2 Å². The van der Waals surface area contributed by atoms with E-state index in [2.05, 4.69) is 25.4 Å². The number of imide groups is 2. The number of halogens is 3. The van der Waals surface area contributed by atoms with Crippen molar-refractivity contribution >= 4 is 52.3 Å². The van der Waals surface area contributed by atoms with Gasteiger partial charge in [-0.2, -0.15) is 18.3 Å². The minimum atomic E-state index is -4.69. The molecule has 2 aromatic carbocycles. The predicted molar refractivity (Wildman–Crippen MR) is 237 cm³/mol. The third-order valence-electron chi connectivity index (χ3n) is 14.3. The van der Waals surface area contributed by atoms with Crippen LogP contribution >= 0.6 is 0 Å². The number of nitrogens with one attached hydrogen (secondary N) is 2. The van der Waals surface area contributed by atoms with E-state index in [-0.39, 0.29) is 42.1 Å². The number of rotatable bonds is 13. The third-order valence-corrected chi connectivity index (χ3v) is 14.3. The molecule has 2 aromatic heterocycles. The average Bonchev–Trinajstić information content (AvgIpc) is 3.81. The van der Waals surface area contributed by atoms with Gasteiger partial charge in [0.2, 0.25) is 12.3 Å². The number of benzene rings is 2. The topological polar surface area (TPSA) is 170 Å². The van der Waals surface area contributed by atoms with Crippen molar-refractivity contribution in [2.75, 3.05) is 42.9 Å². The number of anilines is 2. The molecule has 8 rings (SSSR count). The first-order valence-electron chi connectivity index (χ1n) is 22.7. The fraction of sp³-hybridized carbons (Fsp3) is 0.521. The number of nitrogens with zero attached hydrogens (tertiary/aromatic N) is 6. The van der Waals surface area contributed by atoms with E-state index in [1.807, 2.05) is 23.0 Å². The maximum Gasteiger partial charge on any atom is 0.433 e. The molecular weight excluding hydrogens is 842 g/mol. The molecule has 1 unspecified atom stereocenters. The number of alkyl halides is 3. The molecule has 1 spiro atoms. The van der Waals surface area contributed by atoms with E-state index in [0.29, 0.717) is 40.0 Å². The first-order chi connectivity index (χ1) is 30.9. The quantitative estimate of drug-likeness (QED) is 0.0904. The Labute approximate surface area is 375 Å². The van der Waals surface area contributed by atoms with E-state index in [1.54, 1.807) is 39.0 Å². The monoisotopic (exact) mass is 898 g/mol. The molecule has 3 aliphatic heterocycles. The highest BCUT2D eigenvalue weighted by Crippen LogP contribution is 2.48. The summed E-state index contributed by atoms with van der Waals surface area (Å²) in [4.78, 5) is 71.6. The van der Waals surface area contributed by atoms with Gasteiger partial charge in [0.25, 0.3) is 17.7 Å². The number of carbonyl (C=O) groups is 5. The zero-order chi connectivity index (χ0) is 46.3. The second-order valence-electron chi connectivity index (χ2n) is 19.1. The number of fused-ring (bicyclic) bond motifs is 2. The molecule has 0 radical (unpaired) electrons. The summed E-state index contributed by atoms with van der Waals surface area (Å²) < 4.78 is 41.8. The molecule has 4 aromatic rings. The second kappa shape index (κ2) is 18.3. The second-order valence-corrected chi connectivity index (χ2v) is 19.1. The van der Waals surface area contributed by atoms with Gasteiger partial charge in [-0.25, -0.2) is 4.98 Å². The number of hydrogen-bond donors (Lipinski definition) is 3. The molecule has 1 atom stereocenters. The van der Waals surface area contributed by atoms with Crippen LogP contribution in [0.1, 0.15) is 140 Å². The Morgan fingerprint density at radius 3 is 2.32 bits per heavy atom. The van der Waals surface area contributed by atoms with Crippen LogP contribution in [0.2, 0.25) is 0 Å². The fourth-order valence-corrected chi connectivity index (χ4v) is 10.3. The van der Waals surface area contributed by atoms with E-state index in [0.717, 1.165) is 81.6 Å². The molecule has 4 aliphatic rings. The van der Waals surface area contributed by atoms with Gasteiger partial charge in [-0.1, -0.05) is 6.07 Å². The highest BCUT2D eigenvalue weighted by molar-refractivity contribution is 6.22. The molecule has 2 saturated heterocycles. The van der Waals surface area contributed by atoms with Crippen LogP contribution in [0.3, 0.4) is 0 Å². The fourth-order valence-electron chi connectivity index (χ4n) is 10.3. The molecular formula is C48H57F3N8O6. The molecule has 1 aliphatic carbocycles. The largest absolute Gasteiger partial charge is 0.433 e. The molecule has 5 heterocycles. The minimum Gasteiger partial charge on any atom is -0.386 e. The van der Waals surface area contributed by atoms with Crippen molar-refractivity contribution in [3.05, 3.63) is 82.8 Å². The molecule has 3 fully saturated rings. The van der Waals surface area contributed by atoms with Crippen LogP contribution < -0.4 is 15.5 Å². The molecule has 65 heavy (non-hydrogen) atoms. The highest BCUT2D eigenvalue weighted by Gasteiger charge is 2.41. The maximum absolute atomic E-state index is 13.4. The lowest BCUT2D eigenvalue weighted by atomic mass is 9.65. The molecule has 3 N–H and O–H groups in total. The molecule has 5 amide bonds. The number of piperidine rings is 2. The first kappa shape index (κ1) is 45.9. The van der Waals surface area contributed by atoms with Gasteiger partial charge in [0.15, 0.2) is 0 Å². The normalized spacial score (nSPS) is 19.2. The van der Waals surface area contributed by atoms with Crippen LogP contribution in [0.4, 0.5) is 24.5 Å². The number of likely N-dealkylation sites (tertiary alicyclic amines) is 1. The number of carbonyl (C=O) groups excluding carboxylic acids is 5. The van der Waals surface area contributed by atoms with Crippen molar-refractivity contribution in [2.24, 2.45) is 11.3 Å². The Balaban J connectivity index is 0.796. The van der Waals surface area contributed by atoms with Gasteiger partial charge in [0.05, 0.1) is 28.3 Å². The number of pyridine rings is 1. The third kappa shape index (κ3) is 9.95. The highest BCUT2D eigenvalue weighted by atomic mass is 19.4. The molecule has 346 valence electrons. The summed E-state index contributed by atoms with van der Waals surface area (Å²) in [6, 6.07) is 11.8. The summed E-state index contributed by atoms with van der Waals surface area (Å²) in [5.41, 5.74) is 0.450. The Morgan fingerprint density at radius 1 is 0.938 bits per heavy atom. The lowest BCUT2D eigenvalue weighted by Gasteiger charge is -2.47. The molecule has 17 heteroatoms. The van der Waals surface area contributed by atoms with Crippen molar-refractivity contribution < 1.29 is 42.3 Å². The summed E-state index contributed by atoms with van der Waals surface area (Å²) in [7, 11) is 0. The average molecular weight is 899 g/mol. The Hall–Kier alpha value is -5.68. The Bertz CT molecular complexity index is 2460. The van der Waals surface area contributed by atoms with Gasteiger partial charge in [0, 0.05) is 67.2 Å². The van der Waals surface area contributed by atoms with Crippen LogP contribution in [-0.4, -0.2) is 98.5 Å². The minimum absolute atomic E-state index is 0.0335. The van der Waals surface area contributed by atoms with Crippen LogP contribution in [0.5, 0.6) is 0 Å². The summed E-state index contributed by atoms with van der Waals surface area (Å²) >= 11 is 0. The lowest BCUT2D eigenvalue weighted by Crippen LogP contribution is -2.42. The van der Waals surface area contributed by atoms with E-state index in [9.17, 15) is 42.3 Å². The molecule has 1 saturated carbocycles. The van der Waals surface area contributed by atoms with Crippen LogP contribution in [0, 0.1) is 11.3 Å². The Morgan fingerprint density at radius 2 is 1.65 bits per heavy atom. The first-order valence-corrected chi connectivity index (χ1v) is 22.7. The summed E-state index contributed by atoms with van der Waals surface area (Å²) in [5, 5.41) is 21.4. The van der Waals surface area contributed by atoms with Crippen LogP contribution in [0.15, 0.2) is 54.7 Å². The standard InChI is InChI=1S/C48H57F3N8O6/c1-30(7-10-42(61)52-29-60)59-44(63)35-9-8-34(26-36(35)45(59)64)57-23-18-47(19-24-57)16-11-31(12-17-47)13-20-56-21-14-33(15-22-56)58-28-32-25-40(37(46(2,3)65)27-39(32)55-58)54-43(62)38-5-4-6-41(53-38)48(49,50)51/h4-6,8-9,25-31,33,65H,7,10-24H2,1-3H3,(H,54,62)(H,52,60,61). The van der Waals surface area contributed by atoms with Gasteiger partial charge in [-0.05, 0) is 145 Å². The van der Waals surface area contributed by atoms with Gasteiger partial charge in [-0.15, -0.1) is 0 Å². The van der Waals surface area contributed by atoms with Crippen LogP contribution in [0.25, 0.3) is 10.9 Å². The van der Waals surface area contributed by atoms with Crippen molar-refractivity contribution in [1.29, 1.82) is 0 Å². The Kier molecular flexibility index (Phi) is 12.9. The molecule has 14 nitrogen and oxygen atoms in total. The van der Waals surface area contributed by atoms with E-state index >= 15 is 0 Å². The van der Waals surface area contributed by atoms with E-state index in [4.69, 9.17) is 5.10 Å². The smallest absolute Gasteiger partial charge is 0.386 e. The van der Waals surface area contributed by atoms with E-state index < -0.39 is 35.3 Å². The zero-order valence-corrected chi connectivity index (χ0v) is 37.1. The van der Waals surface area contributed by atoms with Crippen molar-refractivity contribution in [3.8, 4) is 0 Å². The van der Waals surface area contributed by atoms with Crippen molar-refractivity contribution in [3.63, 3.8) is 0 Å². The number of aromatic nitrogens is 3. The van der Waals surface area contributed by atoms with E-state index in [1.165, 1.54) is 43.1 Å². The zero-order valence-electron chi connectivity index (χ0n) is 37.1. The van der Waals surface area contributed by atoms with Crippen molar-refractivity contribution in [1.82, 2.24) is 29.9 Å². The van der Waals surface area contributed by atoms with Crippen LogP contribution in [-0.2, 0) is 21.4 Å². The number of hydrogen-bond acceptors (Lipinski definition) is 10. The number of aliphatic hydroxyl groups is 1. The van der Waals surface area contributed by atoms with Gasteiger partial charge >= 0.3 is 6.18 Å². The summed E-state index contributed by atoms with van der Waals surface area (Å²) in [6.07, 6.45) is 7.97. The SMILES string of the molecule is CC(CCC(=O)NC=O)N1C(=O)c2ccc(N3CCC4(CCC(CCN5CCC(n6cc7cc(NC(=O)c8cccc(C(F)(F)F)n8)c(C(C)(C)O)cc7n6)CC5)CC4)CC3)cc2C1=O. The maximum atomic E-state index is 13.4. The van der Waals surface area contributed by atoms with Crippen molar-refractivity contribution in [2.45, 2.75) is 115 Å². The van der Waals surface area contributed by atoms with Gasteiger partial charge in [0.1, 0.15) is 11.4 Å². The summed E-state index contributed by atoms with van der Waals surface area (Å²) in [5.74, 6) is -1.27. The lowest BCUT2D eigenvalue weighted by molar-refractivity contribution is -0.141. The summed E-state index contributed by atoms with van der Waals surface area (Å²) in [6.45, 7) is 9.66. The predicted octanol–water partition coefficient (Wildman–Crippen LogP) is 7.47.